The molecule has 0 atom stereocenters. The van der Waals surface area contributed by atoms with Crippen LogP contribution in [0.4, 0.5) is 0 Å². The number of ether oxygens (including phenoxy) is 2. The summed E-state index contributed by atoms with van der Waals surface area (Å²) in [5.41, 5.74) is 0.904. The third kappa shape index (κ3) is 4.25. The highest BCUT2D eigenvalue weighted by molar-refractivity contribution is 7.18. The standard InChI is InChI=1S/C21H24N2O4S/c1-4-15-13-16-20(28-15)22-18(12-14-8-5-6-9-17(14)26-2)23(21(16)25)11-7-10-19(24)27-3/h5-6,8-9,13H,4,7,10-12H2,1-3H3. The topological polar surface area (TPSA) is 70.4 Å². The average Bonchev–Trinajstić information content (AvgIpc) is 3.14. The molecule has 0 N–H and O–H groups in total. The lowest BCUT2D eigenvalue weighted by atomic mass is 10.1. The van der Waals surface area contributed by atoms with Gasteiger partial charge in [-0.15, -0.1) is 11.3 Å². The fraction of sp³-hybridized carbons (Fsp3) is 0.381. The summed E-state index contributed by atoms with van der Waals surface area (Å²) in [6.45, 7) is 2.48. The van der Waals surface area contributed by atoms with E-state index >= 15 is 0 Å². The highest BCUT2D eigenvalue weighted by atomic mass is 32.1. The van der Waals surface area contributed by atoms with Crippen molar-refractivity contribution in [1.29, 1.82) is 0 Å². The van der Waals surface area contributed by atoms with Crippen LogP contribution < -0.4 is 10.3 Å². The number of esters is 1. The zero-order valence-corrected chi connectivity index (χ0v) is 17.2. The van der Waals surface area contributed by atoms with Crippen LogP contribution in [0.15, 0.2) is 35.1 Å². The maximum atomic E-state index is 13.2. The van der Waals surface area contributed by atoms with E-state index in [1.807, 2.05) is 30.3 Å². The number of aryl methyl sites for hydroxylation is 1. The molecule has 0 aliphatic carbocycles. The van der Waals surface area contributed by atoms with Gasteiger partial charge >= 0.3 is 5.97 Å². The Hall–Kier alpha value is -2.67. The predicted octanol–water partition coefficient (Wildman–Crippen LogP) is 3.57. The largest absolute Gasteiger partial charge is 0.496 e. The monoisotopic (exact) mass is 400 g/mol. The molecular weight excluding hydrogens is 376 g/mol. The summed E-state index contributed by atoms with van der Waals surface area (Å²) in [6.07, 6.45) is 2.12. The van der Waals surface area contributed by atoms with Crippen molar-refractivity contribution < 1.29 is 14.3 Å². The highest BCUT2D eigenvalue weighted by Gasteiger charge is 2.16. The number of rotatable bonds is 8. The number of para-hydroxylation sites is 1. The van der Waals surface area contributed by atoms with Crippen LogP contribution in [0, 0.1) is 0 Å². The van der Waals surface area contributed by atoms with Crippen molar-refractivity contribution in [2.24, 2.45) is 0 Å². The molecule has 0 unspecified atom stereocenters. The van der Waals surface area contributed by atoms with E-state index in [2.05, 4.69) is 6.92 Å². The fourth-order valence-corrected chi connectivity index (χ4v) is 4.13. The zero-order valence-electron chi connectivity index (χ0n) is 16.4. The van der Waals surface area contributed by atoms with Crippen molar-refractivity contribution in [2.45, 2.75) is 39.2 Å². The summed E-state index contributed by atoms with van der Waals surface area (Å²) >= 11 is 1.56. The Bertz CT molecular complexity index is 1040. The highest BCUT2D eigenvalue weighted by Crippen LogP contribution is 2.25. The third-order valence-electron chi connectivity index (χ3n) is 4.66. The molecule has 2 heterocycles. The number of hydrogen-bond donors (Lipinski definition) is 0. The Labute approximate surface area is 167 Å². The summed E-state index contributed by atoms with van der Waals surface area (Å²) in [5.74, 6) is 1.16. The van der Waals surface area contributed by atoms with Gasteiger partial charge < -0.3 is 9.47 Å². The lowest BCUT2D eigenvalue weighted by Gasteiger charge is -2.14. The minimum absolute atomic E-state index is 0.0595. The number of carbonyl (C=O) groups is 1. The molecule has 7 heteroatoms. The first-order valence-electron chi connectivity index (χ1n) is 9.28. The van der Waals surface area contributed by atoms with Gasteiger partial charge in [0.1, 0.15) is 16.4 Å². The van der Waals surface area contributed by atoms with Crippen LogP contribution >= 0.6 is 11.3 Å². The van der Waals surface area contributed by atoms with Crippen LogP contribution in [-0.2, 0) is 28.9 Å². The van der Waals surface area contributed by atoms with E-state index in [1.54, 1.807) is 23.0 Å². The molecule has 0 aliphatic heterocycles. The summed E-state index contributed by atoms with van der Waals surface area (Å²) in [5, 5.41) is 0.642. The summed E-state index contributed by atoms with van der Waals surface area (Å²) in [6, 6.07) is 9.65. The number of fused-ring (bicyclic) bond motifs is 1. The second-order valence-corrected chi connectivity index (χ2v) is 7.55. The van der Waals surface area contributed by atoms with Gasteiger partial charge in [0, 0.05) is 29.8 Å². The van der Waals surface area contributed by atoms with Crippen LogP contribution in [0.1, 0.15) is 36.0 Å². The Morgan fingerprint density at radius 3 is 2.75 bits per heavy atom. The summed E-state index contributed by atoms with van der Waals surface area (Å²) in [7, 11) is 3.00. The number of nitrogens with zero attached hydrogens (tertiary/aromatic N) is 2. The Morgan fingerprint density at radius 2 is 2.04 bits per heavy atom. The number of aromatic nitrogens is 2. The molecule has 0 spiro atoms. The molecule has 0 amide bonds. The maximum absolute atomic E-state index is 13.2. The first-order chi connectivity index (χ1) is 13.6. The van der Waals surface area contributed by atoms with Crippen molar-refractivity contribution >= 4 is 27.5 Å². The zero-order chi connectivity index (χ0) is 20.1. The van der Waals surface area contributed by atoms with Gasteiger partial charge in [-0.25, -0.2) is 4.98 Å². The third-order valence-corrected chi connectivity index (χ3v) is 5.83. The second-order valence-electron chi connectivity index (χ2n) is 6.44. The van der Waals surface area contributed by atoms with Crippen molar-refractivity contribution in [2.75, 3.05) is 14.2 Å². The minimum atomic E-state index is -0.280. The van der Waals surface area contributed by atoms with E-state index in [0.717, 1.165) is 27.4 Å². The first kappa shape index (κ1) is 20.1. The average molecular weight is 401 g/mol. The molecule has 0 saturated carbocycles. The molecule has 148 valence electrons. The maximum Gasteiger partial charge on any atom is 0.305 e. The summed E-state index contributed by atoms with van der Waals surface area (Å²) < 4.78 is 11.8. The smallest absolute Gasteiger partial charge is 0.305 e. The lowest BCUT2D eigenvalue weighted by Crippen LogP contribution is -2.25. The van der Waals surface area contributed by atoms with Gasteiger partial charge in [0.05, 0.1) is 19.6 Å². The quantitative estimate of drug-likeness (QED) is 0.541. The van der Waals surface area contributed by atoms with Crippen molar-refractivity contribution in [3.05, 3.63) is 57.0 Å². The van der Waals surface area contributed by atoms with E-state index in [-0.39, 0.29) is 17.9 Å². The van der Waals surface area contributed by atoms with E-state index in [0.29, 0.717) is 30.6 Å². The van der Waals surface area contributed by atoms with Crippen molar-refractivity contribution in [3.8, 4) is 5.75 Å². The lowest BCUT2D eigenvalue weighted by molar-refractivity contribution is -0.140. The van der Waals surface area contributed by atoms with Gasteiger partial charge in [0.2, 0.25) is 0 Å². The van der Waals surface area contributed by atoms with Crippen molar-refractivity contribution in [1.82, 2.24) is 9.55 Å². The first-order valence-corrected chi connectivity index (χ1v) is 10.1. The Kier molecular flexibility index (Phi) is 6.46. The molecule has 2 aromatic heterocycles. The number of hydrogen-bond acceptors (Lipinski definition) is 6. The molecule has 0 fully saturated rings. The van der Waals surface area contributed by atoms with Gasteiger partial charge in [0.25, 0.3) is 5.56 Å². The molecule has 6 nitrogen and oxygen atoms in total. The van der Waals surface area contributed by atoms with Crippen LogP contribution in [0.5, 0.6) is 5.75 Å². The molecule has 0 saturated heterocycles. The Balaban J connectivity index is 2.03. The number of thiophene rings is 1. The van der Waals surface area contributed by atoms with Gasteiger partial charge in [-0.05, 0) is 25.0 Å². The molecule has 0 bridgehead atoms. The van der Waals surface area contributed by atoms with Crippen LogP contribution in [-0.4, -0.2) is 29.7 Å². The van der Waals surface area contributed by atoms with Gasteiger partial charge in [-0.1, -0.05) is 25.1 Å². The van der Waals surface area contributed by atoms with Crippen molar-refractivity contribution in [3.63, 3.8) is 0 Å². The molecule has 0 aliphatic rings. The normalized spacial score (nSPS) is 11.0. The number of benzene rings is 1. The fourth-order valence-electron chi connectivity index (χ4n) is 3.15. The van der Waals surface area contributed by atoms with E-state index in [4.69, 9.17) is 14.5 Å². The molecule has 3 aromatic rings. The van der Waals surface area contributed by atoms with E-state index in [1.165, 1.54) is 7.11 Å². The molecule has 28 heavy (non-hydrogen) atoms. The molecular formula is C21H24N2O4S. The van der Waals surface area contributed by atoms with E-state index in [9.17, 15) is 9.59 Å². The number of carbonyl (C=O) groups excluding carboxylic acids is 1. The van der Waals surface area contributed by atoms with Crippen LogP contribution in [0.3, 0.4) is 0 Å². The number of methoxy groups -OCH3 is 2. The predicted molar refractivity (Wildman–Crippen MR) is 110 cm³/mol. The van der Waals surface area contributed by atoms with Gasteiger partial charge in [-0.2, -0.15) is 0 Å². The molecule has 0 radical (unpaired) electrons. The molecule has 3 rings (SSSR count). The van der Waals surface area contributed by atoms with E-state index < -0.39 is 0 Å². The minimum Gasteiger partial charge on any atom is -0.496 e. The summed E-state index contributed by atoms with van der Waals surface area (Å²) in [4.78, 5) is 31.3. The Morgan fingerprint density at radius 1 is 1.25 bits per heavy atom. The van der Waals surface area contributed by atoms with Crippen LogP contribution in [0.2, 0.25) is 0 Å². The SMILES string of the molecule is CCc1cc2c(=O)n(CCCC(=O)OC)c(Cc3ccccc3OC)nc2s1. The second kappa shape index (κ2) is 9.01. The van der Waals surface area contributed by atoms with Gasteiger partial charge in [0.15, 0.2) is 0 Å². The van der Waals surface area contributed by atoms with Gasteiger partial charge in [-0.3, -0.25) is 14.2 Å². The molecule has 1 aromatic carbocycles. The van der Waals surface area contributed by atoms with Crippen LogP contribution in [0.25, 0.3) is 10.2 Å².